The quantitative estimate of drug-likeness (QED) is 0.778. The summed E-state index contributed by atoms with van der Waals surface area (Å²) < 4.78 is 5.25. The van der Waals surface area contributed by atoms with E-state index in [0.29, 0.717) is 19.6 Å². The summed E-state index contributed by atoms with van der Waals surface area (Å²) in [6.07, 6.45) is 0.507. The molecule has 0 bridgehead atoms. The van der Waals surface area contributed by atoms with Crippen molar-refractivity contribution in [2.45, 2.75) is 20.3 Å². The molecule has 0 spiro atoms. The van der Waals surface area contributed by atoms with Crippen molar-refractivity contribution in [1.29, 1.82) is 0 Å². The van der Waals surface area contributed by atoms with E-state index in [9.17, 15) is 4.79 Å². The molecule has 1 aromatic carbocycles. The molecule has 1 amide bonds. The van der Waals surface area contributed by atoms with Crippen molar-refractivity contribution in [3.05, 3.63) is 34.9 Å². The van der Waals surface area contributed by atoms with E-state index in [0.717, 1.165) is 18.7 Å². The van der Waals surface area contributed by atoms with Gasteiger partial charge in [-0.2, -0.15) is 0 Å². The normalized spacial score (nSPS) is 16.0. The van der Waals surface area contributed by atoms with E-state index in [4.69, 9.17) is 4.74 Å². The molecular weight excluding hydrogens is 214 g/mol. The fraction of sp³-hybridized carbons (Fsp3) is 0.500. The summed E-state index contributed by atoms with van der Waals surface area (Å²) in [7, 11) is 0. The molecule has 92 valence electrons. The van der Waals surface area contributed by atoms with Crippen LogP contribution in [0.5, 0.6) is 0 Å². The van der Waals surface area contributed by atoms with Crippen LogP contribution in [0.3, 0.4) is 0 Å². The molecule has 1 heterocycles. The number of hydrogen-bond acceptors (Lipinski definition) is 2. The van der Waals surface area contributed by atoms with Gasteiger partial charge >= 0.3 is 0 Å². The summed E-state index contributed by atoms with van der Waals surface area (Å²) >= 11 is 0. The third-order valence-corrected chi connectivity index (χ3v) is 3.21. The Morgan fingerprint density at radius 3 is 2.71 bits per heavy atom. The van der Waals surface area contributed by atoms with Crippen LogP contribution >= 0.6 is 0 Å². The van der Waals surface area contributed by atoms with Crippen LogP contribution in [0.2, 0.25) is 0 Å². The molecule has 1 fully saturated rings. The topological polar surface area (TPSA) is 29.5 Å². The Morgan fingerprint density at radius 1 is 1.29 bits per heavy atom. The van der Waals surface area contributed by atoms with E-state index in [2.05, 4.69) is 32.0 Å². The molecule has 1 saturated heterocycles. The van der Waals surface area contributed by atoms with Crippen LogP contribution in [0.4, 0.5) is 0 Å². The van der Waals surface area contributed by atoms with E-state index in [1.54, 1.807) is 0 Å². The number of carbonyl (C=O) groups excluding carboxylic acids is 1. The van der Waals surface area contributed by atoms with Crippen molar-refractivity contribution < 1.29 is 9.53 Å². The number of morpholine rings is 1. The first-order valence-corrected chi connectivity index (χ1v) is 6.08. The molecule has 1 aromatic rings. The summed E-state index contributed by atoms with van der Waals surface area (Å²) in [5.74, 6) is 0.210. The van der Waals surface area contributed by atoms with Gasteiger partial charge in [-0.3, -0.25) is 4.79 Å². The van der Waals surface area contributed by atoms with Gasteiger partial charge in [0.25, 0.3) is 0 Å². The lowest BCUT2D eigenvalue weighted by Crippen LogP contribution is -2.41. The highest BCUT2D eigenvalue weighted by atomic mass is 16.5. The third kappa shape index (κ3) is 3.07. The molecule has 1 aliphatic heterocycles. The zero-order valence-corrected chi connectivity index (χ0v) is 10.5. The second kappa shape index (κ2) is 5.32. The Kier molecular flexibility index (Phi) is 3.79. The molecule has 0 unspecified atom stereocenters. The Morgan fingerprint density at radius 2 is 2.00 bits per heavy atom. The first-order valence-electron chi connectivity index (χ1n) is 6.08. The van der Waals surface area contributed by atoms with Gasteiger partial charge in [0.15, 0.2) is 0 Å². The molecule has 2 rings (SSSR count). The highest BCUT2D eigenvalue weighted by molar-refractivity contribution is 5.79. The average Bonchev–Trinajstić information content (AvgIpc) is 2.35. The van der Waals surface area contributed by atoms with Crippen molar-refractivity contribution in [2.75, 3.05) is 26.3 Å². The van der Waals surface area contributed by atoms with Gasteiger partial charge in [0.05, 0.1) is 19.6 Å². The van der Waals surface area contributed by atoms with Gasteiger partial charge < -0.3 is 9.64 Å². The van der Waals surface area contributed by atoms with Crippen molar-refractivity contribution >= 4 is 5.91 Å². The SMILES string of the molecule is Cc1ccc(C)c(CC(=O)N2CCOCC2)c1. The zero-order chi connectivity index (χ0) is 12.3. The van der Waals surface area contributed by atoms with Crippen molar-refractivity contribution in [2.24, 2.45) is 0 Å². The van der Waals surface area contributed by atoms with E-state index < -0.39 is 0 Å². The lowest BCUT2D eigenvalue weighted by atomic mass is 10.0. The molecule has 17 heavy (non-hydrogen) atoms. The fourth-order valence-corrected chi connectivity index (χ4v) is 2.08. The number of hydrogen-bond donors (Lipinski definition) is 0. The molecule has 0 radical (unpaired) electrons. The molecule has 3 nitrogen and oxygen atoms in total. The standard InChI is InChI=1S/C14H19NO2/c1-11-3-4-12(2)13(9-11)10-14(16)15-5-7-17-8-6-15/h3-4,9H,5-8,10H2,1-2H3. The molecular formula is C14H19NO2. The van der Waals surface area contributed by atoms with Gasteiger partial charge in [-0.15, -0.1) is 0 Å². The molecule has 0 N–H and O–H groups in total. The molecule has 0 aromatic heterocycles. The minimum atomic E-state index is 0.210. The summed E-state index contributed by atoms with van der Waals surface area (Å²) in [5, 5.41) is 0. The summed E-state index contributed by atoms with van der Waals surface area (Å²) in [6.45, 7) is 6.90. The van der Waals surface area contributed by atoms with E-state index in [1.807, 2.05) is 4.90 Å². The van der Waals surface area contributed by atoms with Crippen molar-refractivity contribution in [1.82, 2.24) is 4.90 Å². The Hall–Kier alpha value is -1.35. The highest BCUT2D eigenvalue weighted by Crippen LogP contribution is 2.13. The predicted molar refractivity (Wildman–Crippen MR) is 67.0 cm³/mol. The first kappa shape index (κ1) is 12.1. The maximum absolute atomic E-state index is 12.1. The fourth-order valence-electron chi connectivity index (χ4n) is 2.08. The minimum Gasteiger partial charge on any atom is -0.378 e. The summed E-state index contributed by atoms with van der Waals surface area (Å²) in [6, 6.07) is 6.27. The van der Waals surface area contributed by atoms with E-state index >= 15 is 0 Å². The van der Waals surface area contributed by atoms with Gasteiger partial charge in [-0.05, 0) is 25.0 Å². The maximum Gasteiger partial charge on any atom is 0.227 e. The van der Waals surface area contributed by atoms with Crippen LogP contribution in [0.1, 0.15) is 16.7 Å². The number of benzene rings is 1. The second-order valence-electron chi connectivity index (χ2n) is 4.60. The molecule has 0 saturated carbocycles. The molecule has 3 heteroatoms. The van der Waals surface area contributed by atoms with Crippen molar-refractivity contribution in [3.8, 4) is 0 Å². The summed E-state index contributed by atoms with van der Waals surface area (Å²) in [4.78, 5) is 14.0. The lowest BCUT2D eigenvalue weighted by Gasteiger charge is -2.27. The molecule has 0 aliphatic carbocycles. The number of amides is 1. The van der Waals surface area contributed by atoms with Gasteiger partial charge in [0.1, 0.15) is 0 Å². The van der Waals surface area contributed by atoms with Crippen LogP contribution in [0, 0.1) is 13.8 Å². The van der Waals surface area contributed by atoms with E-state index in [1.165, 1.54) is 11.1 Å². The Bertz CT molecular complexity index is 409. The maximum atomic E-state index is 12.1. The van der Waals surface area contributed by atoms with Crippen LogP contribution in [0.15, 0.2) is 18.2 Å². The van der Waals surface area contributed by atoms with Gasteiger partial charge in [0.2, 0.25) is 5.91 Å². The van der Waals surface area contributed by atoms with Gasteiger partial charge in [0, 0.05) is 13.1 Å². The first-order chi connectivity index (χ1) is 8.16. The predicted octanol–water partition coefficient (Wildman–Crippen LogP) is 1.70. The largest absolute Gasteiger partial charge is 0.378 e. The average molecular weight is 233 g/mol. The lowest BCUT2D eigenvalue weighted by molar-refractivity contribution is -0.134. The van der Waals surface area contributed by atoms with Crippen LogP contribution in [0.25, 0.3) is 0 Å². The van der Waals surface area contributed by atoms with Crippen LogP contribution in [-0.2, 0) is 16.0 Å². The molecule has 0 atom stereocenters. The Balaban J connectivity index is 2.04. The number of ether oxygens (including phenoxy) is 1. The van der Waals surface area contributed by atoms with Crippen molar-refractivity contribution in [3.63, 3.8) is 0 Å². The third-order valence-electron chi connectivity index (χ3n) is 3.21. The number of aryl methyl sites for hydroxylation is 2. The van der Waals surface area contributed by atoms with Gasteiger partial charge in [-0.25, -0.2) is 0 Å². The zero-order valence-electron chi connectivity index (χ0n) is 10.5. The van der Waals surface area contributed by atoms with Crippen LogP contribution < -0.4 is 0 Å². The number of rotatable bonds is 2. The molecule has 1 aliphatic rings. The van der Waals surface area contributed by atoms with E-state index in [-0.39, 0.29) is 5.91 Å². The monoisotopic (exact) mass is 233 g/mol. The number of nitrogens with zero attached hydrogens (tertiary/aromatic N) is 1. The smallest absolute Gasteiger partial charge is 0.227 e. The van der Waals surface area contributed by atoms with Gasteiger partial charge in [-0.1, -0.05) is 23.8 Å². The summed E-state index contributed by atoms with van der Waals surface area (Å²) in [5.41, 5.74) is 3.54. The highest BCUT2D eigenvalue weighted by Gasteiger charge is 2.17. The van der Waals surface area contributed by atoms with Crippen LogP contribution in [-0.4, -0.2) is 37.1 Å². The minimum absolute atomic E-state index is 0.210. The second-order valence-corrected chi connectivity index (χ2v) is 4.60. The number of carbonyl (C=O) groups is 1. The Labute approximate surface area is 102 Å².